The Bertz CT molecular complexity index is 501. The van der Waals surface area contributed by atoms with Gasteiger partial charge >= 0.3 is 0 Å². The Morgan fingerprint density at radius 1 is 1.14 bits per heavy atom. The van der Waals surface area contributed by atoms with Gasteiger partial charge in [-0.2, -0.15) is 0 Å². The second kappa shape index (κ2) is 6.96. The smallest absolute Gasteiger partial charge is 0.122 e. The molecule has 3 heterocycles. The molecule has 2 atom stereocenters. The fourth-order valence-electron chi connectivity index (χ4n) is 3.06. The van der Waals surface area contributed by atoms with E-state index in [1.165, 1.54) is 25.9 Å². The van der Waals surface area contributed by atoms with Crippen molar-refractivity contribution >= 4 is 0 Å². The third kappa shape index (κ3) is 3.77. The normalized spacial score (nSPS) is 18.9. The summed E-state index contributed by atoms with van der Waals surface area (Å²) in [5.74, 6) is 2.10. The SMILES string of the molecule is CC(Cc1ccco1)NCC(c1ccco1)N1CCCC1. The molecular formula is C17H24N2O2. The van der Waals surface area contributed by atoms with Gasteiger partial charge in [0.1, 0.15) is 11.5 Å². The summed E-state index contributed by atoms with van der Waals surface area (Å²) in [5, 5.41) is 3.62. The summed E-state index contributed by atoms with van der Waals surface area (Å²) in [6.45, 7) is 5.44. The lowest BCUT2D eigenvalue weighted by Crippen LogP contribution is -2.38. The third-order valence-corrected chi connectivity index (χ3v) is 4.20. The number of nitrogens with one attached hydrogen (secondary N) is 1. The molecule has 1 N–H and O–H groups in total. The zero-order valence-electron chi connectivity index (χ0n) is 12.6. The number of furan rings is 2. The Morgan fingerprint density at radius 2 is 1.90 bits per heavy atom. The van der Waals surface area contributed by atoms with Gasteiger partial charge in [0, 0.05) is 19.0 Å². The van der Waals surface area contributed by atoms with Crippen molar-refractivity contribution in [2.24, 2.45) is 0 Å². The van der Waals surface area contributed by atoms with E-state index in [0.717, 1.165) is 24.5 Å². The predicted octanol–water partition coefficient (Wildman–Crippen LogP) is 3.23. The summed E-state index contributed by atoms with van der Waals surface area (Å²) in [4.78, 5) is 2.52. The van der Waals surface area contributed by atoms with Gasteiger partial charge in [0.2, 0.25) is 0 Å². The molecule has 1 saturated heterocycles. The molecule has 2 unspecified atom stereocenters. The van der Waals surface area contributed by atoms with E-state index < -0.39 is 0 Å². The van der Waals surface area contributed by atoms with Gasteiger partial charge in [-0.15, -0.1) is 0 Å². The Kier molecular flexibility index (Phi) is 4.78. The van der Waals surface area contributed by atoms with Crippen molar-refractivity contribution < 1.29 is 8.83 Å². The molecule has 1 fully saturated rings. The van der Waals surface area contributed by atoms with Crippen LogP contribution in [0.1, 0.15) is 37.3 Å². The molecule has 114 valence electrons. The lowest BCUT2D eigenvalue weighted by Gasteiger charge is -2.27. The van der Waals surface area contributed by atoms with Crippen LogP contribution in [0.2, 0.25) is 0 Å². The summed E-state index contributed by atoms with van der Waals surface area (Å²) in [5.41, 5.74) is 0. The first kappa shape index (κ1) is 14.4. The van der Waals surface area contributed by atoms with E-state index in [4.69, 9.17) is 8.83 Å². The molecule has 4 heteroatoms. The lowest BCUT2D eigenvalue weighted by atomic mass is 10.1. The van der Waals surface area contributed by atoms with Crippen LogP contribution in [0, 0.1) is 0 Å². The Hall–Kier alpha value is -1.52. The molecule has 2 aromatic heterocycles. The van der Waals surface area contributed by atoms with Gasteiger partial charge in [-0.1, -0.05) is 0 Å². The zero-order chi connectivity index (χ0) is 14.5. The molecule has 0 spiro atoms. The van der Waals surface area contributed by atoms with Gasteiger partial charge in [0.15, 0.2) is 0 Å². The molecule has 0 aliphatic carbocycles. The average molecular weight is 288 g/mol. The molecule has 1 aliphatic heterocycles. The second-order valence-corrected chi connectivity index (χ2v) is 5.87. The molecule has 0 bridgehead atoms. The van der Waals surface area contributed by atoms with E-state index in [1.54, 1.807) is 12.5 Å². The summed E-state index contributed by atoms with van der Waals surface area (Å²) in [6.07, 6.45) is 7.00. The molecule has 0 amide bonds. The molecule has 21 heavy (non-hydrogen) atoms. The first-order valence-electron chi connectivity index (χ1n) is 7.86. The van der Waals surface area contributed by atoms with Crippen molar-refractivity contribution in [2.75, 3.05) is 19.6 Å². The van der Waals surface area contributed by atoms with Crippen molar-refractivity contribution in [1.82, 2.24) is 10.2 Å². The predicted molar refractivity (Wildman–Crippen MR) is 82.1 cm³/mol. The van der Waals surface area contributed by atoms with E-state index in [2.05, 4.69) is 23.2 Å². The first-order chi connectivity index (χ1) is 10.3. The maximum absolute atomic E-state index is 5.65. The van der Waals surface area contributed by atoms with Gasteiger partial charge in [0.05, 0.1) is 18.6 Å². The summed E-state index contributed by atoms with van der Waals surface area (Å²) in [7, 11) is 0. The van der Waals surface area contributed by atoms with Gasteiger partial charge in [-0.05, 0) is 57.1 Å². The van der Waals surface area contributed by atoms with E-state index >= 15 is 0 Å². The minimum Gasteiger partial charge on any atom is -0.469 e. The Labute approximate surface area is 126 Å². The van der Waals surface area contributed by atoms with Crippen LogP contribution < -0.4 is 5.32 Å². The topological polar surface area (TPSA) is 41.6 Å². The second-order valence-electron chi connectivity index (χ2n) is 5.87. The fraction of sp³-hybridized carbons (Fsp3) is 0.529. The number of rotatable bonds is 7. The van der Waals surface area contributed by atoms with Crippen LogP contribution in [0.15, 0.2) is 45.6 Å². The van der Waals surface area contributed by atoms with Crippen LogP contribution >= 0.6 is 0 Å². The van der Waals surface area contributed by atoms with Crippen LogP contribution in [0.3, 0.4) is 0 Å². The zero-order valence-corrected chi connectivity index (χ0v) is 12.6. The van der Waals surface area contributed by atoms with Gasteiger partial charge in [0.25, 0.3) is 0 Å². The molecule has 0 saturated carbocycles. The van der Waals surface area contributed by atoms with E-state index in [-0.39, 0.29) is 0 Å². The van der Waals surface area contributed by atoms with Crippen LogP contribution in [-0.2, 0) is 6.42 Å². The van der Waals surface area contributed by atoms with Crippen LogP contribution in [0.5, 0.6) is 0 Å². The molecular weight excluding hydrogens is 264 g/mol. The number of nitrogens with zero attached hydrogens (tertiary/aromatic N) is 1. The van der Waals surface area contributed by atoms with Crippen molar-refractivity contribution in [3.8, 4) is 0 Å². The fourth-order valence-corrected chi connectivity index (χ4v) is 3.06. The molecule has 3 rings (SSSR count). The number of hydrogen-bond donors (Lipinski definition) is 1. The van der Waals surface area contributed by atoms with E-state index in [0.29, 0.717) is 12.1 Å². The van der Waals surface area contributed by atoms with Gasteiger partial charge in [-0.25, -0.2) is 0 Å². The Morgan fingerprint density at radius 3 is 2.57 bits per heavy atom. The molecule has 2 aromatic rings. The standard InChI is InChI=1S/C17H24N2O2/c1-14(12-15-6-4-10-20-15)18-13-16(17-7-5-11-21-17)19-8-2-3-9-19/h4-7,10-11,14,16,18H,2-3,8-9,12-13H2,1H3. The molecule has 1 aliphatic rings. The first-order valence-corrected chi connectivity index (χ1v) is 7.86. The summed E-state index contributed by atoms with van der Waals surface area (Å²) < 4.78 is 11.1. The highest BCUT2D eigenvalue weighted by Gasteiger charge is 2.25. The van der Waals surface area contributed by atoms with E-state index in [9.17, 15) is 0 Å². The van der Waals surface area contributed by atoms with Crippen molar-refractivity contribution in [1.29, 1.82) is 0 Å². The molecule has 0 aromatic carbocycles. The average Bonchev–Trinajstić information content (AvgIpc) is 3.23. The molecule has 0 radical (unpaired) electrons. The highest BCUT2D eigenvalue weighted by atomic mass is 16.3. The third-order valence-electron chi connectivity index (χ3n) is 4.20. The lowest BCUT2D eigenvalue weighted by molar-refractivity contribution is 0.205. The van der Waals surface area contributed by atoms with Crippen molar-refractivity contribution in [3.05, 3.63) is 48.3 Å². The van der Waals surface area contributed by atoms with Gasteiger partial charge < -0.3 is 14.2 Å². The van der Waals surface area contributed by atoms with Crippen molar-refractivity contribution in [3.63, 3.8) is 0 Å². The minimum atomic E-state index is 0.335. The molecule has 4 nitrogen and oxygen atoms in total. The highest BCUT2D eigenvalue weighted by Crippen LogP contribution is 2.25. The van der Waals surface area contributed by atoms with Crippen LogP contribution in [0.4, 0.5) is 0 Å². The monoisotopic (exact) mass is 288 g/mol. The quantitative estimate of drug-likeness (QED) is 0.849. The van der Waals surface area contributed by atoms with Crippen molar-refractivity contribution in [2.45, 2.75) is 38.3 Å². The number of likely N-dealkylation sites (tertiary alicyclic amines) is 1. The summed E-state index contributed by atoms with van der Waals surface area (Å²) in [6, 6.07) is 8.76. The minimum absolute atomic E-state index is 0.335. The van der Waals surface area contributed by atoms with Crippen LogP contribution in [-0.4, -0.2) is 30.6 Å². The van der Waals surface area contributed by atoms with Gasteiger partial charge in [-0.3, -0.25) is 4.90 Å². The van der Waals surface area contributed by atoms with Crippen LogP contribution in [0.25, 0.3) is 0 Å². The Balaban J connectivity index is 1.56. The number of hydrogen-bond acceptors (Lipinski definition) is 4. The highest BCUT2D eigenvalue weighted by molar-refractivity contribution is 5.07. The maximum Gasteiger partial charge on any atom is 0.122 e. The largest absolute Gasteiger partial charge is 0.469 e. The summed E-state index contributed by atoms with van der Waals surface area (Å²) >= 11 is 0. The maximum atomic E-state index is 5.65. The van der Waals surface area contributed by atoms with E-state index in [1.807, 2.05) is 18.2 Å².